The average molecular weight is 319 g/mol. The Kier molecular flexibility index (Phi) is 4.94. The molecule has 0 unspecified atom stereocenters. The molecule has 0 radical (unpaired) electrons. The molecule has 0 bridgehead atoms. The lowest BCUT2D eigenvalue weighted by atomic mass is 9.80. The zero-order chi connectivity index (χ0) is 16.9. The third-order valence-electron chi connectivity index (χ3n) is 3.98. The quantitative estimate of drug-likeness (QED) is 0.624. The van der Waals surface area contributed by atoms with Crippen molar-refractivity contribution in [2.24, 2.45) is 0 Å². The topological polar surface area (TPSA) is 69.6 Å². The van der Waals surface area contributed by atoms with Crippen molar-refractivity contribution in [3.05, 3.63) is 77.9 Å². The largest absolute Gasteiger partial charge is 0.488 e. The number of fused-ring (bicyclic) bond motifs is 1. The van der Waals surface area contributed by atoms with Crippen LogP contribution >= 0.6 is 0 Å². The Morgan fingerprint density at radius 3 is 2.33 bits per heavy atom. The Hall–Kier alpha value is -2.63. The molecule has 0 aromatic heterocycles. The van der Waals surface area contributed by atoms with Crippen LogP contribution < -0.4 is 10.8 Å². The molecule has 0 saturated carbocycles. The van der Waals surface area contributed by atoms with Gasteiger partial charge in [0.15, 0.2) is 0 Å². The number of rotatable bonds is 5. The molecule has 4 nitrogen and oxygen atoms in total. The van der Waals surface area contributed by atoms with Gasteiger partial charge in [0.05, 0.1) is 0 Å². The first-order valence-electron chi connectivity index (χ1n) is 7.85. The minimum absolute atomic E-state index is 0.172. The molecule has 24 heavy (non-hydrogen) atoms. The van der Waals surface area contributed by atoms with Gasteiger partial charge in [-0.3, -0.25) is 4.79 Å². The summed E-state index contributed by atoms with van der Waals surface area (Å²) in [5.41, 5.74) is 2.04. The Bertz CT molecular complexity index is 847. The highest BCUT2D eigenvalue weighted by atomic mass is 16.4. The van der Waals surface area contributed by atoms with Gasteiger partial charge in [-0.05, 0) is 40.4 Å². The summed E-state index contributed by atoms with van der Waals surface area (Å²) >= 11 is 0. The van der Waals surface area contributed by atoms with Gasteiger partial charge in [-0.2, -0.15) is 0 Å². The van der Waals surface area contributed by atoms with Crippen molar-refractivity contribution in [1.82, 2.24) is 5.32 Å². The van der Waals surface area contributed by atoms with E-state index in [1.807, 2.05) is 12.1 Å². The molecule has 0 saturated heterocycles. The molecule has 3 aromatic carbocycles. The van der Waals surface area contributed by atoms with Crippen LogP contribution in [0.4, 0.5) is 0 Å². The van der Waals surface area contributed by atoms with E-state index in [0.717, 1.165) is 6.42 Å². The van der Waals surface area contributed by atoms with Gasteiger partial charge >= 0.3 is 7.12 Å². The zero-order valence-corrected chi connectivity index (χ0v) is 13.1. The third-order valence-corrected chi connectivity index (χ3v) is 3.98. The SMILES string of the molecule is O=C(NCCc1ccc2ccccc2c1)c1ccc(B(O)O)cc1. The van der Waals surface area contributed by atoms with E-state index < -0.39 is 7.12 Å². The summed E-state index contributed by atoms with van der Waals surface area (Å²) in [6.07, 6.45) is 0.754. The van der Waals surface area contributed by atoms with E-state index in [0.29, 0.717) is 17.6 Å². The van der Waals surface area contributed by atoms with Gasteiger partial charge in [-0.25, -0.2) is 0 Å². The van der Waals surface area contributed by atoms with Crippen LogP contribution in [0, 0.1) is 0 Å². The summed E-state index contributed by atoms with van der Waals surface area (Å²) in [7, 11) is -1.52. The van der Waals surface area contributed by atoms with Crippen molar-refractivity contribution in [2.75, 3.05) is 6.54 Å². The molecule has 1 amide bonds. The number of hydrogen-bond donors (Lipinski definition) is 3. The van der Waals surface area contributed by atoms with Crippen LogP contribution in [0.3, 0.4) is 0 Å². The van der Waals surface area contributed by atoms with Gasteiger partial charge in [-0.15, -0.1) is 0 Å². The van der Waals surface area contributed by atoms with Crippen molar-refractivity contribution in [2.45, 2.75) is 6.42 Å². The van der Waals surface area contributed by atoms with E-state index in [-0.39, 0.29) is 5.91 Å². The Labute approximate surface area is 140 Å². The highest BCUT2D eigenvalue weighted by molar-refractivity contribution is 6.58. The second-order valence-corrected chi connectivity index (χ2v) is 5.68. The maximum atomic E-state index is 12.1. The fourth-order valence-corrected chi connectivity index (χ4v) is 2.62. The van der Waals surface area contributed by atoms with Gasteiger partial charge in [0.25, 0.3) is 5.91 Å². The summed E-state index contributed by atoms with van der Waals surface area (Å²) in [6, 6.07) is 20.7. The highest BCUT2D eigenvalue weighted by Crippen LogP contribution is 2.15. The number of hydrogen-bond acceptors (Lipinski definition) is 3. The molecule has 120 valence electrons. The Balaban J connectivity index is 1.57. The van der Waals surface area contributed by atoms with Gasteiger partial charge in [0, 0.05) is 12.1 Å². The van der Waals surface area contributed by atoms with E-state index in [4.69, 9.17) is 10.0 Å². The molecule has 0 fully saturated rings. The molecule has 0 aliphatic carbocycles. The maximum Gasteiger partial charge on any atom is 0.488 e. The zero-order valence-electron chi connectivity index (χ0n) is 13.1. The van der Waals surface area contributed by atoms with Crippen molar-refractivity contribution in [1.29, 1.82) is 0 Å². The van der Waals surface area contributed by atoms with Gasteiger partial charge in [0.2, 0.25) is 0 Å². The smallest absolute Gasteiger partial charge is 0.423 e. The third kappa shape index (κ3) is 3.82. The van der Waals surface area contributed by atoms with Crippen LogP contribution in [-0.2, 0) is 6.42 Å². The second-order valence-electron chi connectivity index (χ2n) is 5.68. The molecule has 3 rings (SSSR count). The summed E-state index contributed by atoms with van der Waals surface area (Å²) < 4.78 is 0. The predicted molar refractivity (Wildman–Crippen MR) is 96.3 cm³/mol. The molecule has 0 spiro atoms. The number of amides is 1. The molecule has 0 aliphatic rings. The first-order chi connectivity index (χ1) is 11.6. The molecule has 3 N–H and O–H groups in total. The molecule has 3 aromatic rings. The van der Waals surface area contributed by atoms with Crippen LogP contribution in [0.15, 0.2) is 66.7 Å². The minimum atomic E-state index is -1.52. The minimum Gasteiger partial charge on any atom is -0.423 e. The molecule has 0 heterocycles. The molecule has 0 aliphatic heterocycles. The Morgan fingerprint density at radius 1 is 0.917 bits per heavy atom. The van der Waals surface area contributed by atoms with E-state index in [2.05, 4.69) is 35.6 Å². The van der Waals surface area contributed by atoms with Crippen LogP contribution in [0.2, 0.25) is 0 Å². The standard InChI is InChI=1S/C19H18BNO3/c22-19(16-7-9-18(10-8-16)20(23)24)21-12-11-14-5-6-15-3-1-2-4-17(15)13-14/h1-10,13,23-24H,11-12H2,(H,21,22). The average Bonchev–Trinajstić information content (AvgIpc) is 2.61. The van der Waals surface area contributed by atoms with Crippen LogP contribution in [-0.4, -0.2) is 29.6 Å². The monoisotopic (exact) mass is 319 g/mol. The number of benzene rings is 3. The van der Waals surface area contributed by atoms with Gasteiger partial charge in [-0.1, -0.05) is 54.6 Å². The molecule has 0 atom stereocenters. The van der Waals surface area contributed by atoms with Crippen molar-refractivity contribution in [3.8, 4) is 0 Å². The lowest BCUT2D eigenvalue weighted by molar-refractivity contribution is 0.0954. The first kappa shape index (κ1) is 16.2. The Morgan fingerprint density at radius 2 is 1.62 bits per heavy atom. The number of nitrogens with one attached hydrogen (secondary N) is 1. The maximum absolute atomic E-state index is 12.1. The van der Waals surface area contributed by atoms with Crippen LogP contribution in [0.1, 0.15) is 15.9 Å². The van der Waals surface area contributed by atoms with Crippen LogP contribution in [0.25, 0.3) is 10.8 Å². The number of carbonyl (C=O) groups excluding carboxylic acids is 1. The summed E-state index contributed by atoms with van der Waals surface area (Å²) in [4.78, 5) is 12.1. The van der Waals surface area contributed by atoms with Crippen molar-refractivity contribution in [3.63, 3.8) is 0 Å². The van der Waals surface area contributed by atoms with Crippen molar-refractivity contribution < 1.29 is 14.8 Å². The lowest BCUT2D eigenvalue weighted by Crippen LogP contribution is -2.30. The number of carbonyl (C=O) groups is 1. The van der Waals surface area contributed by atoms with E-state index in [9.17, 15) is 4.79 Å². The van der Waals surface area contributed by atoms with E-state index >= 15 is 0 Å². The lowest BCUT2D eigenvalue weighted by Gasteiger charge is -2.07. The van der Waals surface area contributed by atoms with E-state index in [1.54, 1.807) is 12.1 Å². The fraction of sp³-hybridized carbons (Fsp3) is 0.105. The molecular weight excluding hydrogens is 301 g/mol. The normalized spacial score (nSPS) is 10.6. The van der Waals surface area contributed by atoms with Crippen LogP contribution in [0.5, 0.6) is 0 Å². The fourth-order valence-electron chi connectivity index (χ4n) is 2.62. The highest BCUT2D eigenvalue weighted by Gasteiger charge is 2.11. The van der Waals surface area contributed by atoms with E-state index in [1.165, 1.54) is 28.5 Å². The summed E-state index contributed by atoms with van der Waals surface area (Å²) in [5.74, 6) is -0.172. The van der Waals surface area contributed by atoms with Crippen molar-refractivity contribution >= 4 is 29.3 Å². The first-order valence-corrected chi connectivity index (χ1v) is 7.85. The molecule has 5 heteroatoms. The summed E-state index contributed by atoms with van der Waals surface area (Å²) in [5, 5.41) is 23.4. The van der Waals surface area contributed by atoms with Gasteiger partial charge in [0.1, 0.15) is 0 Å². The summed E-state index contributed by atoms with van der Waals surface area (Å²) in [6.45, 7) is 0.543. The second kappa shape index (κ2) is 7.30. The van der Waals surface area contributed by atoms with Gasteiger partial charge < -0.3 is 15.4 Å². The predicted octanol–water partition coefficient (Wildman–Crippen LogP) is 1.49. The molecular formula is C19H18BNO3.